The van der Waals surface area contributed by atoms with E-state index in [1.807, 2.05) is 13.0 Å². The third-order valence-electron chi connectivity index (χ3n) is 3.30. The molecule has 2 aromatic rings. The number of hydrogen-bond donors (Lipinski definition) is 0. The van der Waals surface area contributed by atoms with Gasteiger partial charge in [0.1, 0.15) is 5.82 Å². The summed E-state index contributed by atoms with van der Waals surface area (Å²) in [5.74, 6) is 0.838. The molecular formula is C16H15BrClFO2. The maximum absolute atomic E-state index is 14.1. The summed E-state index contributed by atoms with van der Waals surface area (Å²) in [6.07, 6.45) is 0. The molecule has 0 saturated heterocycles. The van der Waals surface area contributed by atoms with E-state index < -0.39 is 5.38 Å². The molecule has 0 spiro atoms. The Morgan fingerprint density at radius 3 is 2.33 bits per heavy atom. The van der Waals surface area contributed by atoms with Crippen molar-refractivity contribution in [2.24, 2.45) is 0 Å². The predicted octanol–water partition coefficient (Wildman–Crippen LogP) is 5.24. The zero-order valence-corrected chi connectivity index (χ0v) is 14.3. The van der Waals surface area contributed by atoms with Gasteiger partial charge in [-0.05, 0) is 42.3 Å². The maximum Gasteiger partial charge on any atom is 0.161 e. The summed E-state index contributed by atoms with van der Waals surface area (Å²) in [5.41, 5.74) is 2.09. The van der Waals surface area contributed by atoms with Gasteiger partial charge in [0.2, 0.25) is 0 Å². The standard InChI is InChI=1S/C16H15BrClFO2/c1-9-7-13(20-2)14(21-3)8-10(9)16(18)15-11(17)5-4-6-12(15)19/h4-8,16H,1-3H3. The van der Waals surface area contributed by atoms with Gasteiger partial charge in [0.25, 0.3) is 0 Å². The lowest BCUT2D eigenvalue weighted by molar-refractivity contribution is 0.354. The predicted molar refractivity (Wildman–Crippen MR) is 86.1 cm³/mol. The minimum absolute atomic E-state index is 0.349. The second kappa shape index (κ2) is 6.67. The van der Waals surface area contributed by atoms with Crippen molar-refractivity contribution in [1.29, 1.82) is 0 Å². The van der Waals surface area contributed by atoms with Crippen LogP contribution in [0.15, 0.2) is 34.8 Å². The molecule has 0 saturated carbocycles. The molecule has 0 amide bonds. The largest absolute Gasteiger partial charge is 0.493 e. The van der Waals surface area contributed by atoms with Crippen LogP contribution in [-0.2, 0) is 0 Å². The minimum atomic E-state index is -0.625. The normalized spacial score (nSPS) is 12.1. The lowest BCUT2D eigenvalue weighted by atomic mass is 9.99. The van der Waals surface area contributed by atoms with Crippen LogP contribution < -0.4 is 9.47 Å². The number of alkyl halides is 1. The minimum Gasteiger partial charge on any atom is -0.493 e. The third-order valence-corrected chi connectivity index (χ3v) is 4.44. The molecule has 0 aliphatic rings. The monoisotopic (exact) mass is 372 g/mol. The Hall–Kier alpha value is -1.26. The summed E-state index contributed by atoms with van der Waals surface area (Å²) in [6.45, 7) is 1.90. The Balaban J connectivity index is 2.56. The van der Waals surface area contributed by atoms with Crippen LogP contribution in [0.25, 0.3) is 0 Å². The van der Waals surface area contributed by atoms with E-state index in [4.69, 9.17) is 21.1 Å². The fourth-order valence-corrected chi connectivity index (χ4v) is 3.34. The highest BCUT2D eigenvalue weighted by atomic mass is 79.9. The quantitative estimate of drug-likeness (QED) is 0.682. The number of rotatable bonds is 4. The summed E-state index contributed by atoms with van der Waals surface area (Å²) < 4.78 is 25.3. The van der Waals surface area contributed by atoms with Crippen LogP contribution in [0.1, 0.15) is 22.1 Å². The van der Waals surface area contributed by atoms with E-state index >= 15 is 0 Å². The Morgan fingerprint density at radius 1 is 1.14 bits per heavy atom. The molecule has 0 aromatic heterocycles. The van der Waals surface area contributed by atoms with E-state index in [0.717, 1.165) is 11.1 Å². The van der Waals surface area contributed by atoms with Gasteiger partial charge in [-0.3, -0.25) is 0 Å². The van der Waals surface area contributed by atoms with Crippen LogP contribution in [-0.4, -0.2) is 14.2 Å². The van der Waals surface area contributed by atoms with Crippen LogP contribution >= 0.6 is 27.5 Å². The van der Waals surface area contributed by atoms with Gasteiger partial charge in [0.05, 0.1) is 19.6 Å². The molecule has 2 rings (SSSR count). The van der Waals surface area contributed by atoms with E-state index in [1.165, 1.54) is 6.07 Å². The van der Waals surface area contributed by atoms with E-state index in [1.54, 1.807) is 32.4 Å². The van der Waals surface area contributed by atoms with Crippen molar-refractivity contribution in [1.82, 2.24) is 0 Å². The van der Waals surface area contributed by atoms with E-state index in [2.05, 4.69) is 15.9 Å². The highest BCUT2D eigenvalue weighted by Gasteiger charge is 2.22. The Bertz CT molecular complexity index is 641. The second-order valence-corrected chi connectivity index (χ2v) is 5.85. The molecular weight excluding hydrogens is 359 g/mol. The van der Waals surface area contributed by atoms with Crippen molar-refractivity contribution in [2.45, 2.75) is 12.3 Å². The fourth-order valence-electron chi connectivity index (χ4n) is 2.18. The Kier molecular flexibility index (Phi) is 5.12. The second-order valence-electron chi connectivity index (χ2n) is 4.56. The van der Waals surface area contributed by atoms with Crippen molar-refractivity contribution in [2.75, 3.05) is 14.2 Å². The average molecular weight is 374 g/mol. The first-order chi connectivity index (χ1) is 9.99. The van der Waals surface area contributed by atoms with Gasteiger partial charge in [0, 0.05) is 10.0 Å². The molecule has 1 unspecified atom stereocenters. The van der Waals surface area contributed by atoms with Crippen molar-refractivity contribution < 1.29 is 13.9 Å². The molecule has 0 fully saturated rings. The molecule has 2 nitrogen and oxygen atoms in total. The van der Waals surface area contributed by atoms with E-state index in [0.29, 0.717) is 21.5 Å². The van der Waals surface area contributed by atoms with Crippen LogP contribution in [0, 0.1) is 12.7 Å². The summed E-state index contributed by atoms with van der Waals surface area (Å²) in [5, 5.41) is -0.625. The van der Waals surface area contributed by atoms with Gasteiger partial charge in [-0.15, -0.1) is 11.6 Å². The Labute approximate surface area is 137 Å². The number of methoxy groups -OCH3 is 2. The van der Waals surface area contributed by atoms with Gasteiger partial charge in [0.15, 0.2) is 11.5 Å². The molecule has 0 radical (unpaired) electrons. The number of hydrogen-bond acceptors (Lipinski definition) is 2. The highest BCUT2D eigenvalue weighted by molar-refractivity contribution is 9.10. The van der Waals surface area contributed by atoms with Crippen LogP contribution in [0.4, 0.5) is 4.39 Å². The molecule has 0 bridgehead atoms. The highest BCUT2D eigenvalue weighted by Crippen LogP contribution is 2.40. The first kappa shape index (κ1) is 16.1. The van der Waals surface area contributed by atoms with Gasteiger partial charge in [-0.2, -0.15) is 0 Å². The number of benzene rings is 2. The van der Waals surface area contributed by atoms with Crippen molar-refractivity contribution in [3.8, 4) is 11.5 Å². The van der Waals surface area contributed by atoms with E-state index in [-0.39, 0.29) is 5.82 Å². The lowest BCUT2D eigenvalue weighted by Gasteiger charge is -2.18. The molecule has 0 aliphatic heterocycles. The third kappa shape index (κ3) is 3.16. The summed E-state index contributed by atoms with van der Waals surface area (Å²) in [7, 11) is 3.13. The van der Waals surface area contributed by atoms with Gasteiger partial charge >= 0.3 is 0 Å². The smallest absolute Gasteiger partial charge is 0.161 e. The van der Waals surface area contributed by atoms with Crippen LogP contribution in [0.5, 0.6) is 11.5 Å². The zero-order chi connectivity index (χ0) is 15.6. The Morgan fingerprint density at radius 2 is 1.76 bits per heavy atom. The molecule has 1 atom stereocenters. The number of halogens is 3. The number of aryl methyl sites for hydroxylation is 1. The van der Waals surface area contributed by atoms with Crippen molar-refractivity contribution in [3.05, 3.63) is 57.3 Å². The van der Waals surface area contributed by atoms with Crippen LogP contribution in [0.2, 0.25) is 0 Å². The SMILES string of the molecule is COc1cc(C)c(C(Cl)c2c(F)cccc2Br)cc1OC. The lowest BCUT2D eigenvalue weighted by Crippen LogP contribution is -2.02. The molecule has 112 valence electrons. The number of ether oxygens (including phenoxy) is 2. The molecule has 0 heterocycles. The van der Waals surface area contributed by atoms with Crippen molar-refractivity contribution in [3.63, 3.8) is 0 Å². The van der Waals surface area contributed by atoms with E-state index in [9.17, 15) is 4.39 Å². The van der Waals surface area contributed by atoms with Crippen LogP contribution in [0.3, 0.4) is 0 Å². The molecule has 0 aliphatic carbocycles. The molecule has 21 heavy (non-hydrogen) atoms. The first-order valence-corrected chi connectivity index (χ1v) is 7.53. The zero-order valence-electron chi connectivity index (χ0n) is 11.9. The fraction of sp³-hybridized carbons (Fsp3) is 0.250. The summed E-state index contributed by atoms with van der Waals surface area (Å²) >= 11 is 9.86. The van der Waals surface area contributed by atoms with Gasteiger partial charge in [-0.1, -0.05) is 22.0 Å². The summed E-state index contributed by atoms with van der Waals surface area (Å²) in [4.78, 5) is 0. The first-order valence-electron chi connectivity index (χ1n) is 6.30. The van der Waals surface area contributed by atoms with Gasteiger partial charge in [-0.25, -0.2) is 4.39 Å². The molecule has 2 aromatic carbocycles. The maximum atomic E-state index is 14.1. The summed E-state index contributed by atoms with van der Waals surface area (Å²) in [6, 6.07) is 8.41. The topological polar surface area (TPSA) is 18.5 Å². The average Bonchev–Trinajstić information content (AvgIpc) is 2.46. The van der Waals surface area contributed by atoms with Crippen molar-refractivity contribution >= 4 is 27.5 Å². The molecule has 5 heteroatoms. The molecule has 0 N–H and O–H groups in total. The van der Waals surface area contributed by atoms with Gasteiger partial charge < -0.3 is 9.47 Å².